The van der Waals surface area contributed by atoms with Crippen LogP contribution in [0.3, 0.4) is 0 Å². The van der Waals surface area contributed by atoms with Gasteiger partial charge in [0.1, 0.15) is 0 Å². The van der Waals surface area contributed by atoms with Gasteiger partial charge in [0.2, 0.25) is 0 Å². The van der Waals surface area contributed by atoms with Crippen LogP contribution in [-0.2, 0) is 0 Å². The van der Waals surface area contributed by atoms with Crippen molar-refractivity contribution in [2.24, 2.45) is 11.8 Å². The maximum atomic E-state index is 3.48. The molecule has 1 heterocycles. The van der Waals surface area contributed by atoms with E-state index in [4.69, 9.17) is 0 Å². The molecule has 0 radical (unpaired) electrons. The molecule has 18 heavy (non-hydrogen) atoms. The Kier molecular flexibility index (Phi) is 5.97. The molecule has 1 atom stereocenters. The van der Waals surface area contributed by atoms with E-state index < -0.39 is 0 Å². The number of nitrogens with zero attached hydrogens (tertiary/aromatic N) is 1. The van der Waals surface area contributed by atoms with E-state index in [0.717, 1.165) is 17.9 Å². The predicted molar refractivity (Wildman–Crippen MR) is 78.9 cm³/mol. The smallest absolute Gasteiger partial charge is 0.00953 e. The summed E-state index contributed by atoms with van der Waals surface area (Å²) in [4.78, 5) is 2.81. The molecule has 1 aliphatic carbocycles. The molecule has 1 saturated heterocycles. The molecule has 0 amide bonds. The van der Waals surface area contributed by atoms with Gasteiger partial charge in [-0.3, -0.25) is 0 Å². The molecule has 0 spiro atoms. The fraction of sp³-hybridized carbons (Fsp3) is 1.00. The molecule has 106 valence electrons. The van der Waals surface area contributed by atoms with Gasteiger partial charge in [0.15, 0.2) is 0 Å². The van der Waals surface area contributed by atoms with Gasteiger partial charge in [0, 0.05) is 12.6 Å². The van der Waals surface area contributed by atoms with Gasteiger partial charge in [0.25, 0.3) is 0 Å². The lowest BCUT2D eigenvalue weighted by molar-refractivity contribution is 0.171. The lowest BCUT2D eigenvalue weighted by Gasteiger charge is -2.30. The number of hydrogen-bond acceptors (Lipinski definition) is 2. The third kappa shape index (κ3) is 4.55. The monoisotopic (exact) mass is 252 g/mol. The van der Waals surface area contributed by atoms with E-state index in [2.05, 4.69) is 24.1 Å². The first-order valence-corrected chi connectivity index (χ1v) is 8.20. The normalized spacial score (nSPS) is 25.7. The Balaban J connectivity index is 1.69. The quantitative estimate of drug-likeness (QED) is 0.748. The molecule has 1 N–H and O–H groups in total. The van der Waals surface area contributed by atoms with Crippen molar-refractivity contribution in [2.45, 2.75) is 64.8 Å². The van der Waals surface area contributed by atoms with Gasteiger partial charge >= 0.3 is 0 Å². The topological polar surface area (TPSA) is 15.3 Å². The van der Waals surface area contributed by atoms with Gasteiger partial charge in [-0.25, -0.2) is 0 Å². The van der Waals surface area contributed by atoms with Crippen LogP contribution in [0, 0.1) is 11.8 Å². The summed E-state index contributed by atoms with van der Waals surface area (Å²) in [7, 11) is 0. The zero-order chi connectivity index (χ0) is 12.8. The minimum Gasteiger partial charge on any atom is -0.316 e. The summed E-state index contributed by atoms with van der Waals surface area (Å²) in [6.45, 7) is 9.91. The van der Waals surface area contributed by atoms with Crippen molar-refractivity contribution in [3.05, 3.63) is 0 Å². The van der Waals surface area contributed by atoms with Crippen LogP contribution in [0.5, 0.6) is 0 Å². The molecule has 0 aromatic heterocycles. The van der Waals surface area contributed by atoms with E-state index in [9.17, 15) is 0 Å². The number of hydrogen-bond donors (Lipinski definition) is 1. The summed E-state index contributed by atoms with van der Waals surface area (Å²) < 4.78 is 0. The molecular formula is C16H32N2. The highest BCUT2D eigenvalue weighted by molar-refractivity contribution is 4.79. The largest absolute Gasteiger partial charge is 0.316 e. The van der Waals surface area contributed by atoms with Gasteiger partial charge in [0.05, 0.1) is 0 Å². The molecule has 1 unspecified atom stereocenters. The highest BCUT2D eigenvalue weighted by atomic mass is 15.2. The maximum Gasteiger partial charge on any atom is 0.00953 e. The van der Waals surface area contributed by atoms with E-state index >= 15 is 0 Å². The van der Waals surface area contributed by atoms with Gasteiger partial charge in [-0.1, -0.05) is 26.7 Å². The van der Waals surface area contributed by atoms with E-state index in [1.165, 1.54) is 71.1 Å². The van der Waals surface area contributed by atoms with E-state index in [0.29, 0.717) is 0 Å². The summed E-state index contributed by atoms with van der Waals surface area (Å²) in [6, 6.07) is 0.911. The first-order valence-electron chi connectivity index (χ1n) is 8.20. The minimum atomic E-state index is 0.818. The molecule has 0 aromatic rings. The second-order valence-electron chi connectivity index (χ2n) is 6.83. The lowest BCUT2D eigenvalue weighted by atomic mass is 10.0. The van der Waals surface area contributed by atoms with Gasteiger partial charge in [-0.2, -0.15) is 0 Å². The van der Waals surface area contributed by atoms with Crippen LogP contribution in [-0.4, -0.2) is 37.1 Å². The SMILES string of the molecule is CC(C)CN(CCCC1CCNC1)C1CCCC1. The van der Waals surface area contributed by atoms with E-state index in [-0.39, 0.29) is 0 Å². The maximum absolute atomic E-state index is 3.48. The van der Waals surface area contributed by atoms with Crippen molar-refractivity contribution in [3.63, 3.8) is 0 Å². The Morgan fingerprint density at radius 2 is 1.94 bits per heavy atom. The Labute approximate surface area is 114 Å². The Morgan fingerprint density at radius 3 is 2.56 bits per heavy atom. The molecule has 0 aromatic carbocycles. The minimum absolute atomic E-state index is 0.818. The second kappa shape index (κ2) is 7.49. The van der Waals surface area contributed by atoms with Crippen LogP contribution in [0.4, 0.5) is 0 Å². The van der Waals surface area contributed by atoms with Crippen molar-refractivity contribution in [1.29, 1.82) is 0 Å². The molecule has 2 nitrogen and oxygen atoms in total. The summed E-state index contributed by atoms with van der Waals surface area (Å²) in [6.07, 6.45) is 10.1. The molecule has 2 fully saturated rings. The standard InChI is InChI=1S/C16H32N2/c1-14(2)13-18(16-7-3-4-8-16)11-5-6-15-9-10-17-12-15/h14-17H,3-13H2,1-2H3. The van der Waals surface area contributed by atoms with Crippen LogP contribution in [0.1, 0.15) is 58.8 Å². The van der Waals surface area contributed by atoms with Crippen molar-refractivity contribution in [2.75, 3.05) is 26.2 Å². The highest BCUT2D eigenvalue weighted by Gasteiger charge is 2.23. The fourth-order valence-electron chi connectivity index (χ4n) is 3.71. The van der Waals surface area contributed by atoms with Crippen molar-refractivity contribution in [3.8, 4) is 0 Å². The fourth-order valence-corrected chi connectivity index (χ4v) is 3.71. The average molecular weight is 252 g/mol. The van der Waals surface area contributed by atoms with Crippen LogP contribution < -0.4 is 5.32 Å². The van der Waals surface area contributed by atoms with Crippen molar-refractivity contribution in [1.82, 2.24) is 10.2 Å². The number of rotatable bonds is 7. The molecule has 2 rings (SSSR count). The molecular weight excluding hydrogens is 220 g/mol. The Hall–Kier alpha value is -0.0800. The third-order valence-corrected chi connectivity index (χ3v) is 4.66. The predicted octanol–water partition coefficient (Wildman–Crippen LogP) is 3.28. The summed E-state index contributed by atoms with van der Waals surface area (Å²) in [5.74, 6) is 1.79. The average Bonchev–Trinajstić information content (AvgIpc) is 3.00. The Bertz CT molecular complexity index is 215. The Morgan fingerprint density at radius 1 is 1.17 bits per heavy atom. The van der Waals surface area contributed by atoms with Crippen molar-refractivity contribution >= 4 is 0 Å². The van der Waals surface area contributed by atoms with Crippen molar-refractivity contribution < 1.29 is 0 Å². The molecule has 2 heteroatoms. The van der Waals surface area contributed by atoms with Gasteiger partial charge in [-0.15, -0.1) is 0 Å². The molecule has 1 saturated carbocycles. The summed E-state index contributed by atoms with van der Waals surface area (Å²) >= 11 is 0. The van der Waals surface area contributed by atoms with E-state index in [1.807, 2.05) is 0 Å². The summed E-state index contributed by atoms with van der Waals surface area (Å²) in [5.41, 5.74) is 0. The van der Waals surface area contributed by atoms with Crippen LogP contribution in [0.15, 0.2) is 0 Å². The van der Waals surface area contributed by atoms with Crippen LogP contribution in [0.25, 0.3) is 0 Å². The zero-order valence-corrected chi connectivity index (χ0v) is 12.5. The number of nitrogens with one attached hydrogen (secondary N) is 1. The lowest BCUT2D eigenvalue weighted by Crippen LogP contribution is -2.37. The molecule has 1 aliphatic heterocycles. The van der Waals surface area contributed by atoms with E-state index in [1.54, 1.807) is 0 Å². The molecule has 2 aliphatic rings. The first kappa shape index (κ1) is 14.3. The zero-order valence-electron chi connectivity index (χ0n) is 12.5. The molecule has 0 bridgehead atoms. The third-order valence-electron chi connectivity index (χ3n) is 4.66. The highest BCUT2D eigenvalue weighted by Crippen LogP contribution is 2.25. The summed E-state index contributed by atoms with van der Waals surface area (Å²) in [5, 5.41) is 3.48. The van der Waals surface area contributed by atoms with Crippen LogP contribution in [0.2, 0.25) is 0 Å². The first-order chi connectivity index (χ1) is 8.75. The second-order valence-corrected chi connectivity index (χ2v) is 6.83. The van der Waals surface area contributed by atoms with Gasteiger partial charge in [-0.05, 0) is 63.6 Å². The van der Waals surface area contributed by atoms with Crippen LogP contribution >= 0.6 is 0 Å². The van der Waals surface area contributed by atoms with Gasteiger partial charge < -0.3 is 10.2 Å².